The van der Waals surface area contributed by atoms with Gasteiger partial charge in [0, 0.05) is 44.0 Å². The van der Waals surface area contributed by atoms with Gasteiger partial charge < -0.3 is 24.7 Å². The molecule has 2 N–H and O–H groups in total. The summed E-state index contributed by atoms with van der Waals surface area (Å²) in [6, 6.07) is 7.48. The quantitative estimate of drug-likeness (QED) is 0.819. The van der Waals surface area contributed by atoms with E-state index in [1.54, 1.807) is 18.1 Å². The number of hydrogen-bond donors (Lipinski definition) is 2. The molecule has 0 spiro atoms. The van der Waals surface area contributed by atoms with Gasteiger partial charge in [0.2, 0.25) is 5.91 Å². The minimum atomic E-state index is -0.210. The number of hydrogen-bond acceptors (Lipinski definition) is 4. The van der Waals surface area contributed by atoms with Crippen LogP contribution in [0.25, 0.3) is 10.9 Å². The number of aromatic nitrogens is 1. The van der Waals surface area contributed by atoms with Crippen LogP contribution in [0.3, 0.4) is 0 Å². The fourth-order valence-electron chi connectivity index (χ4n) is 2.72. The van der Waals surface area contributed by atoms with Crippen LogP contribution in [-0.4, -0.2) is 67.8 Å². The van der Waals surface area contributed by atoms with E-state index in [1.165, 1.54) is 0 Å². The SMILES string of the molecule is COCCN1CC(CNC(=O)c2ccc3cc[nH]c3c2)OCC1=O. The number of H-pyrrole nitrogens is 1. The summed E-state index contributed by atoms with van der Waals surface area (Å²) in [4.78, 5) is 28.8. The highest BCUT2D eigenvalue weighted by Crippen LogP contribution is 2.14. The number of morpholine rings is 1. The molecule has 24 heavy (non-hydrogen) atoms. The van der Waals surface area contributed by atoms with Crippen LogP contribution in [0.4, 0.5) is 0 Å². The molecule has 0 bridgehead atoms. The molecule has 1 saturated heterocycles. The summed E-state index contributed by atoms with van der Waals surface area (Å²) in [5.41, 5.74) is 1.51. The number of carbonyl (C=O) groups excluding carboxylic acids is 2. The summed E-state index contributed by atoms with van der Waals surface area (Å²) < 4.78 is 10.5. The highest BCUT2D eigenvalue weighted by atomic mass is 16.5. The van der Waals surface area contributed by atoms with E-state index in [0.717, 1.165) is 10.9 Å². The van der Waals surface area contributed by atoms with E-state index in [0.29, 0.717) is 31.8 Å². The lowest BCUT2D eigenvalue weighted by Gasteiger charge is -2.32. The molecule has 128 valence electrons. The van der Waals surface area contributed by atoms with Gasteiger partial charge in [0.15, 0.2) is 0 Å². The molecule has 1 aliphatic rings. The predicted molar refractivity (Wildman–Crippen MR) is 88.8 cm³/mol. The zero-order valence-electron chi connectivity index (χ0n) is 13.6. The fourth-order valence-corrected chi connectivity index (χ4v) is 2.72. The van der Waals surface area contributed by atoms with Gasteiger partial charge in [0.1, 0.15) is 6.61 Å². The smallest absolute Gasteiger partial charge is 0.251 e. The van der Waals surface area contributed by atoms with E-state index in [-0.39, 0.29) is 24.5 Å². The van der Waals surface area contributed by atoms with Crippen LogP contribution in [0.5, 0.6) is 0 Å². The third-order valence-electron chi connectivity index (χ3n) is 4.09. The monoisotopic (exact) mass is 331 g/mol. The molecule has 1 aliphatic heterocycles. The summed E-state index contributed by atoms with van der Waals surface area (Å²) >= 11 is 0. The molecular weight excluding hydrogens is 310 g/mol. The topological polar surface area (TPSA) is 83.7 Å². The van der Waals surface area contributed by atoms with E-state index in [9.17, 15) is 9.59 Å². The molecule has 7 nitrogen and oxygen atoms in total. The summed E-state index contributed by atoms with van der Waals surface area (Å²) in [6.45, 7) is 1.88. The van der Waals surface area contributed by atoms with Crippen molar-refractivity contribution < 1.29 is 19.1 Å². The highest BCUT2D eigenvalue weighted by molar-refractivity contribution is 5.97. The predicted octanol–water partition coefficient (Wildman–Crippen LogP) is 0.771. The Morgan fingerprint density at radius 1 is 1.46 bits per heavy atom. The number of methoxy groups -OCH3 is 1. The largest absolute Gasteiger partial charge is 0.383 e. The molecule has 1 aromatic carbocycles. The summed E-state index contributed by atoms with van der Waals surface area (Å²) in [6.07, 6.45) is 1.63. The number of aromatic amines is 1. The second kappa shape index (κ2) is 7.46. The zero-order chi connectivity index (χ0) is 16.9. The number of carbonyl (C=O) groups is 2. The lowest BCUT2D eigenvalue weighted by molar-refractivity contribution is -0.149. The Labute approximate surface area is 139 Å². The summed E-state index contributed by atoms with van der Waals surface area (Å²) in [5, 5.41) is 3.93. The minimum Gasteiger partial charge on any atom is -0.383 e. The van der Waals surface area contributed by atoms with Crippen molar-refractivity contribution in [2.75, 3.05) is 40.0 Å². The molecule has 2 heterocycles. The van der Waals surface area contributed by atoms with Gasteiger partial charge in [0.25, 0.3) is 5.91 Å². The minimum absolute atomic E-state index is 0.0404. The fraction of sp³-hybridized carbons (Fsp3) is 0.412. The second-order valence-electron chi connectivity index (χ2n) is 5.76. The van der Waals surface area contributed by atoms with E-state index < -0.39 is 0 Å². The van der Waals surface area contributed by atoms with E-state index >= 15 is 0 Å². The van der Waals surface area contributed by atoms with Crippen molar-refractivity contribution >= 4 is 22.7 Å². The lowest BCUT2D eigenvalue weighted by Crippen LogP contribution is -2.51. The number of amides is 2. The van der Waals surface area contributed by atoms with Crippen molar-refractivity contribution in [2.45, 2.75) is 6.10 Å². The van der Waals surface area contributed by atoms with E-state index in [1.807, 2.05) is 24.4 Å². The Balaban J connectivity index is 1.54. The Kier molecular flexibility index (Phi) is 5.12. The van der Waals surface area contributed by atoms with Crippen LogP contribution in [0.15, 0.2) is 30.5 Å². The van der Waals surface area contributed by atoms with E-state index in [4.69, 9.17) is 9.47 Å². The normalized spacial score (nSPS) is 18.1. The maximum atomic E-state index is 12.3. The molecule has 0 saturated carbocycles. The van der Waals surface area contributed by atoms with Gasteiger partial charge in [-0.25, -0.2) is 0 Å². The Morgan fingerprint density at radius 3 is 3.17 bits per heavy atom. The first-order chi connectivity index (χ1) is 11.7. The van der Waals surface area contributed by atoms with Gasteiger partial charge in [-0.15, -0.1) is 0 Å². The van der Waals surface area contributed by atoms with Crippen LogP contribution in [0, 0.1) is 0 Å². The van der Waals surface area contributed by atoms with Gasteiger partial charge in [-0.2, -0.15) is 0 Å². The number of benzene rings is 1. The van der Waals surface area contributed by atoms with Gasteiger partial charge in [0.05, 0.1) is 12.7 Å². The average molecular weight is 331 g/mol. The number of rotatable bonds is 6. The van der Waals surface area contributed by atoms with Crippen LogP contribution >= 0.6 is 0 Å². The molecule has 0 radical (unpaired) electrons. The zero-order valence-corrected chi connectivity index (χ0v) is 13.6. The van der Waals surface area contributed by atoms with Crippen LogP contribution in [0.2, 0.25) is 0 Å². The molecule has 1 unspecified atom stereocenters. The summed E-state index contributed by atoms with van der Waals surface area (Å²) in [7, 11) is 1.60. The molecule has 1 atom stereocenters. The first-order valence-electron chi connectivity index (χ1n) is 7.91. The van der Waals surface area contributed by atoms with E-state index in [2.05, 4.69) is 10.3 Å². The Bertz CT molecular complexity index is 727. The highest BCUT2D eigenvalue weighted by Gasteiger charge is 2.26. The molecule has 0 aliphatic carbocycles. The van der Waals surface area contributed by atoms with Gasteiger partial charge in [-0.1, -0.05) is 6.07 Å². The molecule has 2 aromatic rings. The van der Waals surface area contributed by atoms with Crippen molar-refractivity contribution in [1.29, 1.82) is 0 Å². The summed E-state index contributed by atoms with van der Waals surface area (Å²) in [5.74, 6) is -0.206. The number of ether oxygens (including phenoxy) is 2. The van der Waals surface area contributed by atoms with Crippen LogP contribution in [0.1, 0.15) is 10.4 Å². The number of nitrogens with one attached hydrogen (secondary N) is 2. The van der Waals surface area contributed by atoms with Gasteiger partial charge in [-0.3, -0.25) is 9.59 Å². The lowest BCUT2D eigenvalue weighted by atomic mass is 10.1. The third-order valence-corrected chi connectivity index (χ3v) is 4.09. The van der Waals surface area contributed by atoms with Crippen LogP contribution in [-0.2, 0) is 14.3 Å². The van der Waals surface area contributed by atoms with Crippen molar-refractivity contribution in [2.24, 2.45) is 0 Å². The Hall–Kier alpha value is -2.38. The van der Waals surface area contributed by atoms with Crippen molar-refractivity contribution in [3.05, 3.63) is 36.0 Å². The van der Waals surface area contributed by atoms with Gasteiger partial charge >= 0.3 is 0 Å². The molecule has 7 heteroatoms. The second-order valence-corrected chi connectivity index (χ2v) is 5.76. The van der Waals surface area contributed by atoms with Crippen molar-refractivity contribution in [3.8, 4) is 0 Å². The van der Waals surface area contributed by atoms with Crippen molar-refractivity contribution in [1.82, 2.24) is 15.2 Å². The Morgan fingerprint density at radius 2 is 2.33 bits per heavy atom. The maximum Gasteiger partial charge on any atom is 0.251 e. The molecule has 2 amide bonds. The first-order valence-corrected chi connectivity index (χ1v) is 7.91. The molecule has 1 aromatic heterocycles. The molecule has 1 fully saturated rings. The molecule has 3 rings (SSSR count). The first kappa shape index (κ1) is 16.5. The van der Waals surface area contributed by atoms with Gasteiger partial charge in [-0.05, 0) is 23.6 Å². The maximum absolute atomic E-state index is 12.3. The van der Waals surface area contributed by atoms with Crippen molar-refractivity contribution in [3.63, 3.8) is 0 Å². The van der Waals surface area contributed by atoms with Crippen LogP contribution < -0.4 is 5.32 Å². The number of fused-ring (bicyclic) bond motifs is 1. The molecular formula is C17H21N3O4. The third kappa shape index (κ3) is 3.74. The number of nitrogens with zero attached hydrogens (tertiary/aromatic N) is 1. The standard InChI is InChI=1S/C17H21N3O4/c1-23-7-6-20-10-14(24-11-16(20)21)9-19-17(22)13-3-2-12-4-5-18-15(12)8-13/h2-5,8,14,18H,6-7,9-11H2,1H3,(H,19,22). The average Bonchev–Trinajstić information content (AvgIpc) is 3.07.